The molecule has 0 bridgehead atoms. The number of ether oxygens (including phenoxy) is 1. The van der Waals surface area contributed by atoms with E-state index in [9.17, 15) is 9.59 Å². The second kappa shape index (κ2) is 8.42. The lowest BCUT2D eigenvalue weighted by Crippen LogP contribution is -2.55. The highest BCUT2D eigenvalue weighted by atomic mass is 16.5. The number of piperidine rings is 2. The van der Waals surface area contributed by atoms with Gasteiger partial charge in [0, 0.05) is 45.1 Å². The summed E-state index contributed by atoms with van der Waals surface area (Å²) in [4.78, 5) is 29.2. The van der Waals surface area contributed by atoms with Crippen molar-refractivity contribution in [1.29, 1.82) is 0 Å². The first-order valence-electron chi connectivity index (χ1n) is 10.0. The Labute approximate surface area is 162 Å². The lowest BCUT2D eigenvalue weighted by molar-refractivity contribution is -0.143. The second-order valence-corrected chi connectivity index (χ2v) is 8.33. The first-order chi connectivity index (χ1) is 12.9. The average molecular weight is 373 g/mol. The van der Waals surface area contributed by atoms with Gasteiger partial charge in [-0.25, -0.2) is 0 Å². The fourth-order valence-electron chi connectivity index (χ4n) is 4.53. The van der Waals surface area contributed by atoms with Gasteiger partial charge in [0.05, 0.1) is 13.0 Å². The first-order valence-corrected chi connectivity index (χ1v) is 10.0. The number of amides is 2. The van der Waals surface area contributed by atoms with Crippen LogP contribution in [-0.2, 0) is 20.7 Å². The molecule has 2 amide bonds. The van der Waals surface area contributed by atoms with Crippen LogP contribution in [0.4, 0.5) is 0 Å². The van der Waals surface area contributed by atoms with E-state index in [0.29, 0.717) is 26.0 Å². The van der Waals surface area contributed by atoms with Gasteiger partial charge >= 0.3 is 0 Å². The van der Waals surface area contributed by atoms with Crippen molar-refractivity contribution in [1.82, 2.24) is 9.80 Å². The largest absolute Gasteiger partial charge is 0.383 e. The van der Waals surface area contributed by atoms with Gasteiger partial charge in [-0.1, -0.05) is 23.8 Å². The summed E-state index contributed by atoms with van der Waals surface area (Å²) in [5, 5.41) is 0. The Hall–Kier alpha value is -1.88. The average Bonchev–Trinajstić information content (AvgIpc) is 2.66. The van der Waals surface area contributed by atoms with E-state index in [1.807, 2.05) is 9.80 Å². The molecule has 148 valence electrons. The van der Waals surface area contributed by atoms with E-state index in [0.717, 1.165) is 44.5 Å². The quantitative estimate of drug-likeness (QED) is 0.799. The molecule has 0 aromatic heterocycles. The SMILES string of the molecule is COCCN1C[C@@]2(CCCN(C(=O)Cc3cc(C)ccc3C)C2)CCC1=O. The molecule has 1 atom stereocenters. The van der Waals surface area contributed by atoms with Crippen molar-refractivity contribution >= 4 is 11.8 Å². The number of hydrogen-bond acceptors (Lipinski definition) is 3. The topological polar surface area (TPSA) is 49.9 Å². The fourth-order valence-corrected chi connectivity index (χ4v) is 4.53. The Morgan fingerprint density at radius 1 is 1.22 bits per heavy atom. The normalized spacial score (nSPS) is 23.1. The maximum Gasteiger partial charge on any atom is 0.227 e. The van der Waals surface area contributed by atoms with Crippen molar-refractivity contribution in [3.05, 3.63) is 34.9 Å². The summed E-state index contributed by atoms with van der Waals surface area (Å²) < 4.78 is 5.16. The van der Waals surface area contributed by atoms with Crippen LogP contribution in [0.25, 0.3) is 0 Å². The van der Waals surface area contributed by atoms with E-state index < -0.39 is 0 Å². The predicted octanol–water partition coefficient (Wildman–Crippen LogP) is 2.72. The van der Waals surface area contributed by atoms with Crippen molar-refractivity contribution < 1.29 is 14.3 Å². The lowest BCUT2D eigenvalue weighted by Gasteiger charge is -2.48. The minimum Gasteiger partial charge on any atom is -0.383 e. The molecule has 2 heterocycles. The summed E-state index contributed by atoms with van der Waals surface area (Å²) in [6.07, 6.45) is 4.06. The molecule has 5 heteroatoms. The van der Waals surface area contributed by atoms with Gasteiger partial charge in [-0.15, -0.1) is 0 Å². The van der Waals surface area contributed by atoms with Crippen LogP contribution in [0.1, 0.15) is 42.4 Å². The number of carbonyl (C=O) groups is 2. The Kier molecular flexibility index (Phi) is 6.20. The number of likely N-dealkylation sites (tertiary alicyclic amines) is 2. The monoisotopic (exact) mass is 372 g/mol. The summed E-state index contributed by atoms with van der Waals surface area (Å²) >= 11 is 0. The van der Waals surface area contributed by atoms with Gasteiger partial charge in [-0.2, -0.15) is 0 Å². The molecule has 0 unspecified atom stereocenters. The van der Waals surface area contributed by atoms with E-state index >= 15 is 0 Å². The molecular formula is C22H32N2O3. The summed E-state index contributed by atoms with van der Waals surface area (Å²) in [6, 6.07) is 6.31. The molecule has 3 rings (SSSR count). The first kappa shape index (κ1) is 19.9. The summed E-state index contributed by atoms with van der Waals surface area (Å²) in [5.41, 5.74) is 3.55. The number of hydrogen-bond donors (Lipinski definition) is 0. The Morgan fingerprint density at radius 3 is 2.81 bits per heavy atom. The zero-order chi connectivity index (χ0) is 19.4. The summed E-state index contributed by atoms with van der Waals surface area (Å²) in [5.74, 6) is 0.430. The van der Waals surface area contributed by atoms with Gasteiger partial charge in [-0.3, -0.25) is 9.59 Å². The minimum atomic E-state index is 0.0528. The predicted molar refractivity (Wildman–Crippen MR) is 106 cm³/mol. The van der Waals surface area contributed by atoms with Crippen LogP contribution >= 0.6 is 0 Å². The molecule has 27 heavy (non-hydrogen) atoms. The second-order valence-electron chi connectivity index (χ2n) is 8.33. The van der Waals surface area contributed by atoms with Crippen LogP contribution in [0, 0.1) is 19.3 Å². The van der Waals surface area contributed by atoms with Crippen molar-refractivity contribution in [3.8, 4) is 0 Å². The standard InChI is InChI=1S/C22H32N2O3/c1-17-5-6-18(2)19(13-17)14-21(26)23-10-4-8-22(15-23)9-7-20(25)24(16-22)11-12-27-3/h5-6,13H,4,7-12,14-16H2,1-3H3/t22-/m0/s1. The fraction of sp³-hybridized carbons (Fsp3) is 0.636. The third kappa shape index (κ3) is 4.70. The summed E-state index contributed by atoms with van der Waals surface area (Å²) in [6.45, 7) is 7.70. The zero-order valence-corrected chi connectivity index (χ0v) is 16.9. The van der Waals surface area contributed by atoms with Crippen molar-refractivity contribution in [2.75, 3.05) is 39.9 Å². The van der Waals surface area contributed by atoms with Gasteiger partial charge in [-0.05, 0) is 44.2 Å². The van der Waals surface area contributed by atoms with Gasteiger partial charge in [0.15, 0.2) is 0 Å². The molecule has 0 N–H and O–H groups in total. The van der Waals surface area contributed by atoms with Gasteiger partial charge in [0.2, 0.25) is 11.8 Å². The van der Waals surface area contributed by atoms with Gasteiger partial charge < -0.3 is 14.5 Å². The number of benzene rings is 1. The highest BCUT2D eigenvalue weighted by Crippen LogP contribution is 2.39. The number of methoxy groups -OCH3 is 1. The smallest absolute Gasteiger partial charge is 0.227 e. The number of aryl methyl sites for hydroxylation is 2. The van der Waals surface area contributed by atoms with Crippen LogP contribution < -0.4 is 0 Å². The van der Waals surface area contributed by atoms with E-state index in [4.69, 9.17) is 4.74 Å². The van der Waals surface area contributed by atoms with E-state index in [-0.39, 0.29) is 17.2 Å². The minimum absolute atomic E-state index is 0.0528. The Morgan fingerprint density at radius 2 is 2.04 bits per heavy atom. The Bertz CT molecular complexity index is 703. The molecule has 5 nitrogen and oxygen atoms in total. The maximum atomic E-state index is 13.0. The third-order valence-corrected chi connectivity index (χ3v) is 6.17. The molecule has 0 saturated carbocycles. The molecule has 0 radical (unpaired) electrons. The molecule has 1 aromatic carbocycles. The molecule has 1 aromatic rings. The van der Waals surface area contributed by atoms with Crippen molar-refractivity contribution in [2.24, 2.45) is 5.41 Å². The molecule has 2 aliphatic heterocycles. The van der Waals surface area contributed by atoms with Gasteiger partial charge in [0.1, 0.15) is 0 Å². The van der Waals surface area contributed by atoms with E-state index in [1.165, 1.54) is 11.1 Å². The van der Waals surface area contributed by atoms with Crippen LogP contribution in [0.5, 0.6) is 0 Å². The van der Waals surface area contributed by atoms with E-state index in [2.05, 4.69) is 32.0 Å². The summed E-state index contributed by atoms with van der Waals surface area (Å²) in [7, 11) is 1.67. The molecule has 2 saturated heterocycles. The van der Waals surface area contributed by atoms with Gasteiger partial charge in [0.25, 0.3) is 0 Å². The zero-order valence-electron chi connectivity index (χ0n) is 16.9. The van der Waals surface area contributed by atoms with Crippen LogP contribution in [0.3, 0.4) is 0 Å². The number of rotatable bonds is 5. The lowest BCUT2D eigenvalue weighted by atomic mass is 9.73. The van der Waals surface area contributed by atoms with Crippen LogP contribution in [0.15, 0.2) is 18.2 Å². The number of nitrogens with zero attached hydrogens (tertiary/aromatic N) is 2. The molecular weight excluding hydrogens is 340 g/mol. The number of carbonyl (C=O) groups excluding carboxylic acids is 2. The molecule has 2 fully saturated rings. The molecule has 1 spiro atoms. The molecule has 2 aliphatic rings. The van der Waals surface area contributed by atoms with Crippen LogP contribution in [0.2, 0.25) is 0 Å². The van der Waals surface area contributed by atoms with Crippen molar-refractivity contribution in [3.63, 3.8) is 0 Å². The maximum absolute atomic E-state index is 13.0. The third-order valence-electron chi connectivity index (χ3n) is 6.17. The van der Waals surface area contributed by atoms with Crippen LogP contribution in [-0.4, -0.2) is 61.5 Å². The highest BCUT2D eigenvalue weighted by Gasteiger charge is 2.42. The van der Waals surface area contributed by atoms with E-state index in [1.54, 1.807) is 7.11 Å². The molecule has 0 aliphatic carbocycles. The highest BCUT2D eigenvalue weighted by molar-refractivity contribution is 5.80. The van der Waals surface area contributed by atoms with Crippen molar-refractivity contribution in [2.45, 2.75) is 46.0 Å². The Balaban J connectivity index is 1.67.